The predicted octanol–water partition coefficient (Wildman–Crippen LogP) is 2.14. The predicted molar refractivity (Wildman–Crippen MR) is 78.3 cm³/mol. The van der Waals surface area contributed by atoms with Gasteiger partial charge in [0.2, 0.25) is 0 Å². The molecule has 21 heavy (non-hydrogen) atoms. The van der Waals surface area contributed by atoms with Gasteiger partial charge >= 0.3 is 0 Å². The summed E-state index contributed by atoms with van der Waals surface area (Å²) in [7, 11) is 0. The van der Waals surface area contributed by atoms with Crippen LogP contribution in [0.25, 0.3) is 0 Å². The largest absolute Gasteiger partial charge is 0.482 e. The molecule has 0 atom stereocenters. The molecule has 0 fully saturated rings. The first-order valence-corrected chi connectivity index (χ1v) is 7.02. The van der Waals surface area contributed by atoms with E-state index in [0.29, 0.717) is 17.3 Å². The van der Waals surface area contributed by atoms with Crippen molar-refractivity contribution in [3.05, 3.63) is 29.3 Å². The number of rotatable bonds is 7. The van der Waals surface area contributed by atoms with Crippen LogP contribution in [0.1, 0.15) is 19.8 Å². The third-order valence-electron chi connectivity index (χ3n) is 2.61. The van der Waals surface area contributed by atoms with Crippen molar-refractivity contribution in [3.8, 4) is 5.75 Å². The van der Waals surface area contributed by atoms with Crippen LogP contribution in [-0.2, 0) is 11.3 Å². The fourth-order valence-corrected chi connectivity index (χ4v) is 1.74. The van der Waals surface area contributed by atoms with E-state index in [9.17, 15) is 4.79 Å². The van der Waals surface area contributed by atoms with Gasteiger partial charge in [0.1, 0.15) is 5.75 Å². The summed E-state index contributed by atoms with van der Waals surface area (Å²) >= 11 is 5.92. The minimum absolute atomic E-state index is 0.166. The molecular formula is C13H16ClN5O2. The number of nitrogens with one attached hydrogen (secondary N) is 1. The first-order chi connectivity index (χ1) is 10.2. The summed E-state index contributed by atoms with van der Waals surface area (Å²) in [5.41, 5.74) is 0. The number of para-hydroxylation sites is 1. The normalized spacial score (nSPS) is 10.4. The number of aromatic nitrogens is 4. The van der Waals surface area contributed by atoms with E-state index in [2.05, 4.69) is 27.7 Å². The molecule has 8 heteroatoms. The third-order valence-corrected chi connectivity index (χ3v) is 2.92. The molecule has 0 saturated heterocycles. The topological polar surface area (TPSA) is 81.9 Å². The smallest absolute Gasteiger partial charge is 0.270 e. The Balaban J connectivity index is 1.82. The summed E-state index contributed by atoms with van der Waals surface area (Å²) in [6.45, 7) is 2.58. The van der Waals surface area contributed by atoms with Gasteiger partial charge < -0.3 is 4.74 Å². The van der Waals surface area contributed by atoms with Crippen molar-refractivity contribution in [2.45, 2.75) is 26.3 Å². The van der Waals surface area contributed by atoms with Crippen LogP contribution < -0.4 is 10.1 Å². The highest BCUT2D eigenvalue weighted by molar-refractivity contribution is 6.32. The van der Waals surface area contributed by atoms with Crippen LogP contribution in [0.3, 0.4) is 0 Å². The van der Waals surface area contributed by atoms with Crippen LogP contribution in [0.2, 0.25) is 5.02 Å². The van der Waals surface area contributed by atoms with Crippen molar-refractivity contribution < 1.29 is 9.53 Å². The van der Waals surface area contributed by atoms with Gasteiger partial charge in [0.15, 0.2) is 6.61 Å². The Bertz CT molecular complexity index is 602. The lowest BCUT2D eigenvalue weighted by Gasteiger charge is -2.06. The van der Waals surface area contributed by atoms with E-state index in [1.165, 1.54) is 4.80 Å². The maximum Gasteiger partial charge on any atom is 0.270 e. The first-order valence-electron chi connectivity index (χ1n) is 6.64. The number of anilines is 1. The fraction of sp³-hybridized carbons (Fsp3) is 0.385. The second-order valence-electron chi connectivity index (χ2n) is 4.33. The molecule has 0 aliphatic heterocycles. The van der Waals surface area contributed by atoms with Crippen molar-refractivity contribution in [1.82, 2.24) is 20.2 Å². The first kappa shape index (κ1) is 15.2. The highest BCUT2D eigenvalue weighted by Crippen LogP contribution is 2.22. The number of amides is 1. The average Bonchev–Trinajstić information content (AvgIpc) is 2.91. The van der Waals surface area contributed by atoms with Gasteiger partial charge in [0.05, 0.1) is 11.6 Å². The van der Waals surface area contributed by atoms with Gasteiger partial charge in [0, 0.05) is 0 Å². The minimum atomic E-state index is -0.370. The lowest BCUT2D eigenvalue weighted by atomic mass is 10.3. The SMILES string of the molecule is CCCCn1nnc(NC(=O)COc2ccccc2Cl)n1. The molecule has 0 radical (unpaired) electrons. The zero-order chi connectivity index (χ0) is 15.1. The molecule has 2 aromatic rings. The number of tetrazole rings is 1. The summed E-state index contributed by atoms with van der Waals surface area (Å²) < 4.78 is 5.32. The number of carbonyl (C=O) groups excluding carboxylic acids is 1. The third kappa shape index (κ3) is 4.71. The van der Waals surface area contributed by atoms with Crippen molar-refractivity contribution in [1.29, 1.82) is 0 Å². The van der Waals surface area contributed by atoms with E-state index in [4.69, 9.17) is 16.3 Å². The Kier molecular flexibility index (Phi) is 5.51. The molecule has 0 spiro atoms. The van der Waals surface area contributed by atoms with E-state index in [1.54, 1.807) is 24.3 Å². The summed E-state index contributed by atoms with van der Waals surface area (Å²) in [6.07, 6.45) is 1.99. The maximum absolute atomic E-state index is 11.7. The molecule has 112 valence electrons. The second-order valence-corrected chi connectivity index (χ2v) is 4.74. The van der Waals surface area contributed by atoms with Crippen LogP contribution in [0.15, 0.2) is 24.3 Å². The van der Waals surface area contributed by atoms with E-state index >= 15 is 0 Å². The quantitative estimate of drug-likeness (QED) is 0.847. The molecule has 1 amide bonds. The fourth-order valence-electron chi connectivity index (χ4n) is 1.55. The van der Waals surface area contributed by atoms with E-state index < -0.39 is 0 Å². The Morgan fingerprint density at radius 1 is 1.43 bits per heavy atom. The molecule has 1 aromatic carbocycles. The highest BCUT2D eigenvalue weighted by atomic mass is 35.5. The summed E-state index contributed by atoms with van der Waals surface area (Å²) in [5.74, 6) is 0.248. The van der Waals surface area contributed by atoms with Gasteiger partial charge in [-0.15, -0.1) is 5.10 Å². The summed E-state index contributed by atoms with van der Waals surface area (Å²) in [5, 5.41) is 14.6. The number of carbonyl (C=O) groups is 1. The van der Waals surface area contributed by atoms with Gasteiger partial charge in [-0.2, -0.15) is 4.80 Å². The van der Waals surface area contributed by atoms with Gasteiger partial charge in [-0.25, -0.2) is 0 Å². The van der Waals surface area contributed by atoms with Gasteiger partial charge in [-0.3, -0.25) is 10.1 Å². The van der Waals surface area contributed by atoms with E-state index in [-0.39, 0.29) is 18.5 Å². The molecule has 0 aliphatic carbocycles. The van der Waals surface area contributed by atoms with Gasteiger partial charge in [0.25, 0.3) is 11.9 Å². The van der Waals surface area contributed by atoms with Crippen molar-refractivity contribution in [3.63, 3.8) is 0 Å². The monoisotopic (exact) mass is 309 g/mol. The van der Waals surface area contributed by atoms with Crippen LogP contribution in [0.4, 0.5) is 5.95 Å². The Morgan fingerprint density at radius 3 is 3.00 bits per heavy atom. The molecule has 0 unspecified atom stereocenters. The zero-order valence-corrected chi connectivity index (χ0v) is 12.4. The Labute approximate surface area is 127 Å². The van der Waals surface area contributed by atoms with Gasteiger partial charge in [-0.1, -0.05) is 42.2 Å². The van der Waals surface area contributed by atoms with Crippen molar-refractivity contribution >= 4 is 23.5 Å². The second kappa shape index (κ2) is 7.58. The molecule has 1 N–H and O–H groups in total. The molecule has 0 saturated carbocycles. The summed E-state index contributed by atoms with van der Waals surface area (Å²) in [6, 6.07) is 6.94. The van der Waals surface area contributed by atoms with E-state index in [0.717, 1.165) is 12.8 Å². The summed E-state index contributed by atoms with van der Waals surface area (Å²) in [4.78, 5) is 13.2. The lowest BCUT2D eigenvalue weighted by molar-refractivity contribution is -0.118. The zero-order valence-electron chi connectivity index (χ0n) is 11.6. The molecule has 7 nitrogen and oxygen atoms in total. The molecular weight excluding hydrogens is 294 g/mol. The number of hydrogen-bond donors (Lipinski definition) is 1. The van der Waals surface area contributed by atoms with Crippen molar-refractivity contribution in [2.75, 3.05) is 11.9 Å². The molecule has 0 bridgehead atoms. The molecule has 1 heterocycles. The number of ether oxygens (including phenoxy) is 1. The maximum atomic E-state index is 11.7. The standard InChI is InChI=1S/C13H16ClN5O2/c1-2-3-8-19-17-13(16-18-19)15-12(20)9-21-11-7-5-4-6-10(11)14/h4-7H,2-3,8-9H2,1H3,(H,15,17,20). The van der Waals surface area contributed by atoms with Crippen LogP contribution in [-0.4, -0.2) is 32.7 Å². The molecule has 0 aliphatic rings. The van der Waals surface area contributed by atoms with Crippen LogP contribution in [0, 0.1) is 0 Å². The number of nitrogens with zero attached hydrogens (tertiary/aromatic N) is 4. The number of unbranched alkanes of at least 4 members (excludes halogenated alkanes) is 1. The molecule has 1 aromatic heterocycles. The number of benzene rings is 1. The number of hydrogen-bond acceptors (Lipinski definition) is 5. The Hall–Kier alpha value is -2.15. The highest BCUT2D eigenvalue weighted by Gasteiger charge is 2.09. The van der Waals surface area contributed by atoms with Crippen molar-refractivity contribution in [2.24, 2.45) is 0 Å². The number of halogens is 1. The number of aryl methyl sites for hydroxylation is 1. The van der Waals surface area contributed by atoms with Crippen LogP contribution >= 0.6 is 11.6 Å². The molecule has 2 rings (SSSR count). The van der Waals surface area contributed by atoms with E-state index in [1.807, 2.05) is 0 Å². The Morgan fingerprint density at radius 2 is 2.24 bits per heavy atom. The average molecular weight is 310 g/mol. The minimum Gasteiger partial charge on any atom is -0.482 e. The van der Waals surface area contributed by atoms with Gasteiger partial charge in [-0.05, 0) is 23.8 Å². The lowest BCUT2D eigenvalue weighted by Crippen LogP contribution is -2.21. The van der Waals surface area contributed by atoms with Crippen LogP contribution in [0.5, 0.6) is 5.75 Å².